The molecular formula is C14H18ClNO. The number of fused-ring (bicyclic) bond motifs is 1. The lowest BCUT2D eigenvalue weighted by atomic mass is 10.1. The number of benzene rings is 1. The van der Waals surface area contributed by atoms with Crippen LogP contribution in [0, 0.1) is 11.8 Å². The van der Waals surface area contributed by atoms with E-state index in [0.29, 0.717) is 0 Å². The summed E-state index contributed by atoms with van der Waals surface area (Å²) in [5.74, 6) is 2.85. The molecule has 2 aliphatic rings. The Kier molecular flexibility index (Phi) is 3.01. The van der Waals surface area contributed by atoms with Gasteiger partial charge in [0.2, 0.25) is 0 Å². The molecule has 2 nitrogen and oxygen atoms in total. The maximum atomic E-state index is 6.12. The molecule has 0 bridgehead atoms. The van der Waals surface area contributed by atoms with Crippen LogP contribution >= 0.6 is 11.6 Å². The van der Waals surface area contributed by atoms with Crippen LogP contribution in [0.25, 0.3) is 0 Å². The maximum absolute atomic E-state index is 6.12. The van der Waals surface area contributed by atoms with E-state index >= 15 is 0 Å². The molecule has 0 radical (unpaired) electrons. The highest BCUT2D eigenvalue weighted by atomic mass is 35.5. The molecule has 92 valence electrons. The second-order valence-electron chi connectivity index (χ2n) is 5.26. The van der Waals surface area contributed by atoms with Crippen molar-refractivity contribution in [3.8, 4) is 5.75 Å². The molecule has 0 amide bonds. The molecule has 2 atom stereocenters. The zero-order valence-corrected chi connectivity index (χ0v) is 10.9. The average molecular weight is 252 g/mol. The van der Waals surface area contributed by atoms with E-state index in [1.165, 1.54) is 17.5 Å². The van der Waals surface area contributed by atoms with Gasteiger partial charge in [0.05, 0.1) is 6.61 Å². The number of rotatable bonds is 4. The lowest BCUT2D eigenvalue weighted by Crippen LogP contribution is -2.17. The molecule has 1 fully saturated rings. The second kappa shape index (κ2) is 4.51. The molecule has 17 heavy (non-hydrogen) atoms. The van der Waals surface area contributed by atoms with E-state index in [2.05, 4.69) is 12.2 Å². The summed E-state index contributed by atoms with van der Waals surface area (Å²) < 4.78 is 5.68. The van der Waals surface area contributed by atoms with Gasteiger partial charge in [0, 0.05) is 23.6 Å². The standard InChI is InChI=1S/C14H18ClNO/c1-9-4-11(9)7-16-8-12-6-13(15)5-10-2-3-17-14(10)12/h5-6,9,11,16H,2-4,7-8H2,1H3. The van der Waals surface area contributed by atoms with E-state index in [1.54, 1.807) is 0 Å². The largest absolute Gasteiger partial charge is 0.493 e. The Bertz CT molecular complexity index is 432. The first-order valence-corrected chi connectivity index (χ1v) is 6.76. The maximum Gasteiger partial charge on any atom is 0.127 e. The first-order chi connectivity index (χ1) is 8.24. The molecule has 1 aromatic carbocycles. The van der Waals surface area contributed by atoms with Gasteiger partial charge in [0.15, 0.2) is 0 Å². The normalized spacial score (nSPS) is 25.5. The monoisotopic (exact) mass is 251 g/mol. The highest BCUT2D eigenvalue weighted by Gasteiger charge is 2.31. The van der Waals surface area contributed by atoms with Gasteiger partial charge in [-0.25, -0.2) is 0 Å². The molecule has 0 aromatic heterocycles. The third-order valence-electron chi connectivity index (χ3n) is 3.82. The number of hydrogen-bond donors (Lipinski definition) is 1. The molecule has 1 N–H and O–H groups in total. The Hall–Kier alpha value is -0.730. The van der Waals surface area contributed by atoms with Crippen LogP contribution in [-0.2, 0) is 13.0 Å². The summed E-state index contributed by atoms with van der Waals surface area (Å²) in [7, 11) is 0. The van der Waals surface area contributed by atoms with Crippen molar-refractivity contribution in [2.24, 2.45) is 11.8 Å². The van der Waals surface area contributed by atoms with E-state index in [4.69, 9.17) is 16.3 Å². The van der Waals surface area contributed by atoms with Crippen molar-refractivity contribution >= 4 is 11.6 Å². The van der Waals surface area contributed by atoms with Gasteiger partial charge in [-0.3, -0.25) is 0 Å². The van der Waals surface area contributed by atoms with Crippen molar-refractivity contribution < 1.29 is 4.74 Å². The number of halogens is 1. The molecular weight excluding hydrogens is 234 g/mol. The zero-order valence-electron chi connectivity index (χ0n) is 10.1. The van der Waals surface area contributed by atoms with E-state index in [-0.39, 0.29) is 0 Å². The van der Waals surface area contributed by atoms with E-state index in [0.717, 1.165) is 48.7 Å². The number of ether oxygens (including phenoxy) is 1. The molecule has 1 aromatic rings. The van der Waals surface area contributed by atoms with Gasteiger partial charge < -0.3 is 10.1 Å². The average Bonchev–Trinajstić information content (AvgIpc) is 2.79. The van der Waals surface area contributed by atoms with Crippen LogP contribution in [-0.4, -0.2) is 13.2 Å². The zero-order chi connectivity index (χ0) is 11.8. The molecule has 1 aliphatic heterocycles. The Labute approximate surface area is 107 Å². The van der Waals surface area contributed by atoms with Gasteiger partial charge in [0.25, 0.3) is 0 Å². The predicted molar refractivity (Wildman–Crippen MR) is 69.6 cm³/mol. The fourth-order valence-corrected chi connectivity index (χ4v) is 2.82. The minimum Gasteiger partial charge on any atom is -0.493 e. The topological polar surface area (TPSA) is 21.3 Å². The molecule has 2 unspecified atom stereocenters. The summed E-state index contributed by atoms with van der Waals surface area (Å²) in [5, 5.41) is 4.34. The van der Waals surface area contributed by atoms with Crippen LogP contribution in [0.4, 0.5) is 0 Å². The lowest BCUT2D eigenvalue weighted by Gasteiger charge is -2.10. The summed E-state index contributed by atoms with van der Waals surface area (Å²) in [6, 6.07) is 4.05. The number of hydrogen-bond acceptors (Lipinski definition) is 2. The minimum atomic E-state index is 0.794. The van der Waals surface area contributed by atoms with Gasteiger partial charge >= 0.3 is 0 Å². The van der Waals surface area contributed by atoms with Crippen molar-refractivity contribution in [3.05, 3.63) is 28.3 Å². The van der Waals surface area contributed by atoms with E-state index < -0.39 is 0 Å². The molecule has 1 aliphatic carbocycles. The van der Waals surface area contributed by atoms with Gasteiger partial charge in [-0.2, -0.15) is 0 Å². The Morgan fingerprint density at radius 1 is 1.47 bits per heavy atom. The smallest absolute Gasteiger partial charge is 0.127 e. The summed E-state index contributed by atoms with van der Waals surface area (Å²) >= 11 is 6.12. The number of nitrogens with one attached hydrogen (secondary N) is 1. The van der Waals surface area contributed by atoms with Crippen LogP contribution in [0.2, 0.25) is 5.02 Å². The summed E-state index contributed by atoms with van der Waals surface area (Å²) in [6.45, 7) is 5.09. The van der Waals surface area contributed by atoms with Gasteiger partial charge in [-0.15, -0.1) is 0 Å². The fraction of sp³-hybridized carbons (Fsp3) is 0.571. The SMILES string of the molecule is CC1CC1CNCc1cc(Cl)cc2c1OCC2. The van der Waals surface area contributed by atoms with Crippen molar-refractivity contribution in [1.29, 1.82) is 0 Å². The van der Waals surface area contributed by atoms with Crippen LogP contribution in [0.1, 0.15) is 24.5 Å². The molecule has 3 rings (SSSR count). The van der Waals surface area contributed by atoms with Crippen LogP contribution in [0.15, 0.2) is 12.1 Å². The van der Waals surface area contributed by atoms with Gasteiger partial charge in [0.1, 0.15) is 5.75 Å². The Balaban J connectivity index is 1.65. The fourth-order valence-electron chi connectivity index (χ4n) is 2.55. The molecule has 0 saturated heterocycles. The predicted octanol–water partition coefficient (Wildman–Crippen LogP) is 3.02. The third kappa shape index (κ3) is 2.43. The molecule has 1 saturated carbocycles. The molecule has 0 spiro atoms. The van der Waals surface area contributed by atoms with Gasteiger partial charge in [-0.1, -0.05) is 18.5 Å². The first-order valence-electron chi connectivity index (χ1n) is 6.39. The highest BCUT2D eigenvalue weighted by molar-refractivity contribution is 6.30. The van der Waals surface area contributed by atoms with Crippen LogP contribution < -0.4 is 10.1 Å². The summed E-state index contributed by atoms with van der Waals surface area (Å²) in [6.07, 6.45) is 2.36. The summed E-state index contributed by atoms with van der Waals surface area (Å²) in [5.41, 5.74) is 2.47. The Morgan fingerprint density at radius 3 is 3.06 bits per heavy atom. The van der Waals surface area contributed by atoms with Crippen molar-refractivity contribution in [1.82, 2.24) is 5.32 Å². The van der Waals surface area contributed by atoms with Crippen molar-refractivity contribution in [2.45, 2.75) is 26.3 Å². The molecule has 3 heteroatoms. The molecule has 1 heterocycles. The highest BCUT2D eigenvalue weighted by Crippen LogP contribution is 2.37. The van der Waals surface area contributed by atoms with Crippen molar-refractivity contribution in [3.63, 3.8) is 0 Å². The van der Waals surface area contributed by atoms with E-state index in [9.17, 15) is 0 Å². The van der Waals surface area contributed by atoms with Gasteiger partial charge in [-0.05, 0) is 42.5 Å². The quantitative estimate of drug-likeness (QED) is 0.888. The minimum absolute atomic E-state index is 0.794. The van der Waals surface area contributed by atoms with Crippen LogP contribution in [0.3, 0.4) is 0 Å². The van der Waals surface area contributed by atoms with Crippen molar-refractivity contribution in [2.75, 3.05) is 13.2 Å². The third-order valence-corrected chi connectivity index (χ3v) is 4.04. The Morgan fingerprint density at radius 2 is 2.29 bits per heavy atom. The van der Waals surface area contributed by atoms with E-state index in [1.807, 2.05) is 12.1 Å². The second-order valence-corrected chi connectivity index (χ2v) is 5.69. The lowest BCUT2D eigenvalue weighted by molar-refractivity contribution is 0.352. The first kappa shape index (κ1) is 11.4. The summed E-state index contributed by atoms with van der Waals surface area (Å²) in [4.78, 5) is 0. The van der Waals surface area contributed by atoms with Crippen LogP contribution in [0.5, 0.6) is 5.75 Å².